The first-order chi connectivity index (χ1) is 21.9. The zero-order chi connectivity index (χ0) is 32.1. The molecule has 0 aliphatic heterocycles. The van der Waals surface area contributed by atoms with Crippen LogP contribution >= 0.6 is 22.8 Å². The van der Waals surface area contributed by atoms with Gasteiger partial charge in [0, 0.05) is 0 Å². The molecule has 45 heavy (non-hydrogen) atoms. The van der Waals surface area contributed by atoms with Gasteiger partial charge in [-0.3, -0.25) is 0 Å². The third kappa shape index (κ3) is 7.08. The summed E-state index contributed by atoms with van der Waals surface area (Å²) in [6, 6.07) is 31.1. The molecule has 7 heteroatoms. The van der Waals surface area contributed by atoms with Gasteiger partial charge in [-0.1, -0.05) is 0 Å². The number of methoxy groups -OCH3 is 2. The van der Waals surface area contributed by atoms with E-state index in [1.165, 1.54) is 26.4 Å². The average molecular weight is 694 g/mol. The van der Waals surface area contributed by atoms with Crippen LogP contribution < -0.4 is 25.4 Å². The molecule has 0 aliphatic carbocycles. The maximum atomic E-state index is 12.4. The molecule has 0 aromatic heterocycles. The molecule has 0 unspecified atom stereocenters. The van der Waals surface area contributed by atoms with E-state index in [4.69, 9.17) is 14.0 Å². The van der Waals surface area contributed by atoms with Gasteiger partial charge in [0.2, 0.25) is 5.75 Å². The Morgan fingerprint density at radius 1 is 0.667 bits per heavy atom. The van der Waals surface area contributed by atoms with Gasteiger partial charge in [0.05, 0.1) is 14.2 Å². The zero-order valence-corrected chi connectivity index (χ0v) is 29.2. The second-order valence-electron chi connectivity index (χ2n) is 11.6. The summed E-state index contributed by atoms with van der Waals surface area (Å²) in [4.78, 5) is 12.4. The van der Waals surface area contributed by atoms with Crippen molar-refractivity contribution in [2.45, 2.75) is 64.7 Å². The fourth-order valence-electron chi connectivity index (χ4n) is 6.66. The molecular formula is C38H46BrO5P. The van der Waals surface area contributed by atoms with Crippen molar-refractivity contribution in [3.8, 4) is 17.2 Å². The first-order valence-electron chi connectivity index (χ1n) is 15.9. The Bertz CT molecular complexity index is 1410. The first kappa shape index (κ1) is 34.5. The van der Waals surface area contributed by atoms with E-state index in [0.29, 0.717) is 18.0 Å². The van der Waals surface area contributed by atoms with Crippen molar-refractivity contribution >= 4 is 45.1 Å². The maximum absolute atomic E-state index is 12.4. The van der Waals surface area contributed by atoms with Gasteiger partial charge in [-0.15, -0.1) is 0 Å². The first-order valence-corrected chi connectivity index (χ1v) is 19.0. The van der Waals surface area contributed by atoms with Crippen molar-refractivity contribution < 1.29 is 23.9 Å². The summed E-state index contributed by atoms with van der Waals surface area (Å²) < 4.78 is 18.3. The number of unbranched alkanes of at least 4 members (excludes halogenated alkanes) is 7. The average Bonchev–Trinajstić information content (AvgIpc) is 3.09. The number of benzene rings is 4. The number of phenolic OH excluding ortho intramolecular Hbond substituents is 1. The Hall–Kier alpha value is -3.34. The van der Waals surface area contributed by atoms with Crippen LogP contribution in [0.25, 0.3) is 0 Å². The second kappa shape index (κ2) is 16.3. The van der Waals surface area contributed by atoms with Gasteiger partial charge >= 0.3 is 209 Å². The predicted octanol–water partition coefficient (Wildman–Crippen LogP) is 8.76. The van der Waals surface area contributed by atoms with Gasteiger partial charge < -0.3 is 14.6 Å². The van der Waals surface area contributed by atoms with Crippen LogP contribution in [0.5, 0.6) is 17.2 Å². The molecule has 0 bridgehead atoms. The molecule has 0 atom stereocenters. The van der Waals surface area contributed by atoms with E-state index in [1.54, 1.807) is 7.11 Å². The van der Waals surface area contributed by atoms with Crippen molar-refractivity contribution in [2.24, 2.45) is 0 Å². The molecule has 0 saturated heterocycles. The Labute approximate surface area is 277 Å². The molecule has 0 amide bonds. The van der Waals surface area contributed by atoms with Crippen molar-refractivity contribution in [3.05, 3.63) is 107 Å². The summed E-state index contributed by atoms with van der Waals surface area (Å²) in [6.07, 6.45) is 10.5. The molecule has 0 saturated carbocycles. The minimum atomic E-state index is -3.55. The van der Waals surface area contributed by atoms with E-state index in [1.807, 2.05) is 61.5 Å². The van der Waals surface area contributed by atoms with Crippen molar-refractivity contribution in [1.29, 1.82) is 0 Å². The zero-order valence-electron chi connectivity index (χ0n) is 26.7. The van der Waals surface area contributed by atoms with Gasteiger partial charge in [-0.2, -0.15) is 0 Å². The molecule has 0 heterocycles. The number of ether oxygens (including phenoxy) is 2. The number of carbonyl (C=O) groups is 1. The number of phenols is 1. The fraction of sp³-hybridized carbons (Fsp3) is 0.342. The third-order valence-electron chi connectivity index (χ3n) is 9.05. The van der Waals surface area contributed by atoms with Gasteiger partial charge in [-0.05, 0) is 22.9 Å². The smallest absolute Gasteiger partial charge is 0.492 e. The number of rotatable bonds is 18. The van der Waals surface area contributed by atoms with Crippen LogP contribution in [0.1, 0.15) is 62.5 Å². The van der Waals surface area contributed by atoms with E-state index < -0.39 is 6.83 Å². The van der Waals surface area contributed by atoms with Gasteiger partial charge in [0.1, 0.15) is 0 Å². The number of halogens is 1. The standard InChI is InChI=1S/C38H46BrO5P/c1-30-34(35(39)37(42-2)38(43-3)36(30)41)27-19-8-6-4-5-7-9-20-28-45(44-29-40,31-21-13-10-14-22-31,32-23-15-11-16-24-32)33-25-17-12-18-26-33/h10-18,21-26,29,41H,4-9,19-20,27-28H2,1-3H3. The summed E-state index contributed by atoms with van der Waals surface area (Å²) in [7, 11) is 3.12. The molecule has 0 spiro atoms. The van der Waals surface area contributed by atoms with Crippen molar-refractivity contribution in [2.75, 3.05) is 20.4 Å². The van der Waals surface area contributed by atoms with E-state index in [9.17, 15) is 9.90 Å². The third-order valence-corrected chi connectivity index (χ3v) is 15.8. The topological polar surface area (TPSA) is 65.0 Å². The monoisotopic (exact) mass is 692 g/mol. The van der Waals surface area contributed by atoms with Gasteiger partial charge in [-0.25, -0.2) is 0 Å². The van der Waals surface area contributed by atoms with Crippen LogP contribution in [0.3, 0.4) is 0 Å². The molecule has 0 aliphatic rings. The molecule has 4 rings (SSSR count). The summed E-state index contributed by atoms with van der Waals surface area (Å²) in [5.41, 5.74) is 1.90. The van der Waals surface area contributed by atoms with E-state index in [-0.39, 0.29) is 5.75 Å². The molecule has 4 aromatic rings. The molecule has 1 N–H and O–H groups in total. The van der Waals surface area contributed by atoms with Crippen LogP contribution in [0, 0.1) is 6.92 Å². The van der Waals surface area contributed by atoms with E-state index >= 15 is 0 Å². The Balaban J connectivity index is 1.38. The molecule has 0 fully saturated rings. The molecular weight excluding hydrogens is 647 g/mol. The molecule has 4 aromatic carbocycles. The summed E-state index contributed by atoms with van der Waals surface area (Å²) in [5, 5.41) is 13.8. The fourth-order valence-corrected chi connectivity index (χ4v) is 13.1. The van der Waals surface area contributed by atoms with Gasteiger partial charge in [0.25, 0.3) is 0 Å². The molecule has 240 valence electrons. The van der Waals surface area contributed by atoms with Gasteiger partial charge in [0.15, 0.2) is 11.5 Å². The quantitative estimate of drug-likeness (QED) is 0.0642. The van der Waals surface area contributed by atoms with E-state index in [2.05, 4.69) is 52.3 Å². The number of hydrogen-bond donors (Lipinski definition) is 1. The number of carbonyl (C=O) groups excluding carboxylic acids is 1. The minimum Gasteiger partial charge on any atom is -0.492 e. The SMILES string of the molecule is COc1c(O)c(C)c(CCCCCCCCCCP(OC=O)(c2ccccc2)(c2ccccc2)c2ccccc2)c(Br)c1OC. The number of aromatic hydroxyl groups is 1. The van der Waals surface area contributed by atoms with Crippen molar-refractivity contribution in [3.63, 3.8) is 0 Å². The molecule has 0 radical (unpaired) electrons. The van der Waals surface area contributed by atoms with Crippen LogP contribution in [0.15, 0.2) is 95.5 Å². The summed E-state index contributed by atoms with van der Waals surface area (Å²) in [5.74, 6) is 1.05. The Morgan fingerprint density at radius 3 is 1.51 bits per heavy atom. The summed E-state index contributed by atoms with van der Waals surface area (Å²) in [6.45, 7) is -0.948. The minimum absolute atomic E-state index is 0.145. The normalized spacial score (nSPS) is 12.2. The van der Waals surface area contributed by atoms with E-state index in [0.717, 1.165) is 76.2 Å². The Morgan fingerprint density at radius 2 is 1.09 bits per heavy atom. The van der Waals surface area contributed by atoms with Crippen LogP contribution in [-0.4, -0.2) is 32.0 Å². The van der Waals surface area contributed by atoms with Crippen LogP contribution in [0.4, 0.5) is 0 Å². The predicted molar refractivity (Wildman–Crippen MR) is 191 cm³/mol. The van der Waals surface area contributed by atoms with Crippen molar-refractivity contribution in [1.82, 2.24) is 0 Å². The molecule has 5 nitrogen and oxygen atoms in total. The summed E-state index contributed by atoms with van der Waals surface area (Å²) >= 11 is 3.67. The van der Waals surface area contributed by atoms with Crippen LogP contribution in [-0.2, 0) is 15.7 Å². The Kier molecular flexibility index (Phi) is 12.5. The number of hydrogen-bond acceptors (Lipinski definition) is 5. The van der Waals surface area contributed by atoms with Crippen LogP contribution in [0.2, 0.25) is 0 Å². The second-order valence-corrected chi connectivity index (χ2v) is 17.0.